The van der Waals surface area contributed by atoms with Crippen LogP contribution >= 0.6 is 0 Å². The molecule has 18 heavy (non-hydrogen) atoms. The lowest BCUT2D eigenvalue weighted by Gasteiger charge is -2.25. The van der Waals surface area contributed by atoms with Gasteiger partial charge in [-0.3, -0.25) is 0 Å². The van der Waals surface area contributed by atoms with E-state index in [4.69, 9.17) is 9.47 Å². The Bertz CT molecular complexity index is 373. The van der Waals surface area contributed by atoms with Gasteiger partial charge in [-0.15, -0.1) is 5.10 Å². The van der Waals surface area contributed by atoms with Crippen LogP contribution in [0.1, 0.15) is 26.1 Å². The largest absolute Gasteiger partial charge is 0.378 e. The maximum Gasteiger partial charge on any atom is 0.165 e. The van der Waals surface area contributed by atoms with E-state index in [0.717, 1.165) is 18.9 Å². The van der Waals surface area contributed by atoms with Gasteiger partial charge in [0.2, 0.25) is 0 Å². The minimum atomic E-state index is -0.290. The molecule has 1 atom stereocenters. The van der Waals surface area contributed by atoms with Crippen LogP contribution in [0.4, 0.5) is 0 Å². The predicted molar refractivity (Wildman–Crippen MR) is 65.0 cm³/mol. The Kier molecular flexibility index (Phi) is 4.26. The minimum Gasteiger partial charge on any atom is -0.378 e. The highest BCUT2D eigenvalue weighted by Gasteiger charge is 2.36. The van der Waals surface area contributed by atoms with Crippen LogP contribution in [0.3, 0.4) is 0 Å². The third-order valence-corrected chi connectivity index (χ3v) is 3.21. The highest BCUT2D eigenvalue weighted by atomic mass is 16.5. The molecule has 1 fully saturated rings. The average molecular weight is 255 g/mol. The molecule has 1 aromatic rings. The molecule has 0 aromatic carbocycles. The smallest absolute Gasteiger partial charge is 0.165 e. The number of nitrogens with zero attached hydrogens (tertiary/aromatic N) is 4. The Morgan fingerprint density at radius 1 is 1.56 bits per heavy atom. The molecular formula is C11H21N5O2. The van der Waals surface area contributed by atoms with E-state index in [0.29, 0.717) is 25.7 Å². The summed E-state index contributed by atoms with van der Waals surface area (Å²) in [5.74, 6) is 0.826. The van der Waals surface area contributed by atoms with Crippen LogP contribution < -0.4 is 5.32 Å². The first-order valence-electron chi connectivity index (χ1n) is 6.26. The molecule has 7 nitrogen and oxygen atoms in total. The van der Waals surface area contributed by atoms with Gasteiger partial charge >= 0.3 is 0 Å². The second kappa shape index (κ2) is 5.73. The maximum absolute atomic E-state index is 5.59. The van der Waals surface area contributed by atoms with Gasteiger partial charge in [0.05, 0.1) is 19.7 Å². The zero-order valence-electron chi connectivity index (χ0n) is 11.2. The minimum absolute atomic E-state index is 0.290. The molecule has 0 radical (unpaired) electrons. The molecule has 0 saturated carbocycles. The van der Waals surface area contributed by atoms with Gasteiger partial charge in [0.25, 0.3) is 0 Å². The molecule has 0 bridgehead atoms. The third kappa shape index (κ3) is 3.04. The zero-order valence-corrected chi connectivity index (χ0v) is 11.2. The Labute approximate surface area is 107 Å². The fraction of sp³-hybridized carbons (Fsp3) is 0.909. The summed E-state index contributed by atoms with van der Waals surface area (Å²) in [6.07, 6.45) is 0.875. The number of hydrogen-bond acceptors (Lipinski definition) is 6. The molecule has 2 heterocycles. The van der Waals surface area contributed by atoms with Gasteiger partial charge in [-0.25, -0.2) is 4.68 Å². The average Bonchev–Trinajstić information content (AvgIpc) is 2.97. The molecule has 0 spiro atoms. The molecule has 7 heteroatoms. The Morgan fingerprint density at radius 3 is 3.00 bits per heavy atom. The van der Waals surface area contributed by atoms with E-state index in [2.05, 4.69) is 34.7 Å². The molecule has 1 unspecified atom stereocenters. The van der Waals surface area contributed by atoms with Crippen LogP contribution in [-0.2, 0) is 22.6 Å². The Hall–Kier alpha value is -1.05. The van der Waals surface area contributed by atoms with Gasteiger partial charge in [0.1, 0.15) is 5.60 Å². The summed E-state index contributed by atoms with van der Waals surface area (Å²) < 4.78 is 12.8. The highest BCUT2D eigenvalue weighted by Crippen LogP contribution is 2.24. The first-order valence-corrected chi connectivity index (χ1v) is 6.26. The van der Waals surface area contributed by atoms with Crippen LogP contribution in [0.25, 0.3) is 0 Å². The van der Waals surface area contributed by atoms with Gasteiger partial charge in [0.15, 0.2) is 5.82 Å². The van der Waals surface area contributed by atoms with E-state index in [9.17, 15) is 0 Å². The number of nitrogens with one attached hydrogen (secondary N) is 1. The number of rotatable bonds is 6. The molecule has 1 aromatic heterocycles. The second-order valence-corrected chi connectivity index (χ2v) is 4.98. The van der Waals surface area contributed by atoms with Crippen LogP contribution in [0.2, 0.25) is 0 Å². The van der Waals surface area contributed by atoms with Crippen molar-refractivity contribution >= 4 is 0 Å². The van der Waals surface area contributed by atoms with Crippen molar-refractivity contribution < 1.29 is 9.47 Å². The van der Waals surface area contributed by atoms with E-state index >= 15 is 0 Å². The van der Waals surface area contributed by atoms with Crippen molar-refractivity contribution in [2.24, 2.45) is 0 Å². The molecule has 1 aliphatic rings. The van der Waals surface area contributed by atoms with Crippen molar-refractivity contribution in [3.8, 4) is 0 Å². The summed E-state index contributed by atoms with van der Waals surface area (Å²) >= 11 is 0. The third-order valence-electron chi connectivity index (χ3n) is 3.21. The first kappa shape index (κ1) is 13.4. The fourth-order valence-corrected chi connectivity index (χ4v) is 1.98. The van der Waals surface area contributed by atoms with Crippen LogP contribution in [0.15, 0.2) is 0 Å². The van der Waals surface area contributed by atoms with E-state index in [-0.39, 0.29) is 5.60 Å². The molecule has 1 saturated heterocycles. The molecule has 0 aliphatic carbocycles. The SMILES string of the molecule is COC1(Cn2nnnc2CNC(C)C)CCOC1. The summed E-state index contributed by atoms with van der Waals surface area (Å²) in [5.41, 5.74) is -0.290. The zero-order chi connectivity index (χ0) is 13.0. The lowest BCUT2D eigenvalue weighted by atomic mass is 10.0. The normalized spacial score (nSPS) is 24.0. The number of tetrazole rings is 1. The van der Waals surface area contributed by atoms with E-state index in [1.807, 2.05) is 0 Å². The fourth-order valence-electron chi connectivity index (χ4n) is 1.98. The van der Waals surface area contributed by atoms with Crippen LogP contribution in [0, 0.1) is 0 Å². The Balaban J connectivity index is 2.02. The number of hydrogen-bond donors (Lipinski definition) is 1. The van der Waals surface area contributed by atoms with E-state index in [1.165, 1.54) is 0 Å². The van der Waals surface area contributed by atoms with E-state index < -0.39 is 0 Å². The van der Waals surface area contributed by atoms with Gasteiger partial charge in [-0.1, -0.05) is 13.8 Å². The van der Waals surface area contributed by atoms with Crippen LogP contribution in [-0.4, -0.2) is 52.2 Å². The summed E-state index contributed by atoms with van der Waals surface area (Å²) in [5, 5.41) is 15.1. The number of methoxy groups -OCH3 is 1. The summed E-state index contributed by atoms with van der Waals surface area (Å²) in [6, 6.07) is 0.404. The van der Waals surface area contributed by atoms with Crippen molar-refractivity contribution in [3.05, 3.63) is 5.82 Å². The molecular weight excluding hydrogens is 234 g/mol. The quantitative estimate of drug-likeness (QED) is 0.770. The molecule has 2 rings (SSSR count). The van der Waals surface area contributed by atoms with Gasteiger partial charge in [-0.2, -0.15) is 0 Å². The maximum atomic E-state index is 5.59. The highest BCUT2D eigenvalue weighted by molar-refractivity contribution is 4.89. The monoisotopic (exact) mass is 255 g/mol. The van der Waals surface area contributed by atoms with Gasteiger partial charge in [-0.05, 0) is 10.4 Å². The second-order valence-electron chi connectivity index (χ2n) is 4.98. The van der Waals surface area contributed by atoms with Crippen molar-refractivity contribution in [3.63, 3.8) is 0 Å². The first-order chi connectivity index (χ1) is 8.65. The van der Waals surface area contributed by atoms with Crippen molar-refractivity contribution in [1.29, 1.82) is 0 Å². The van der Waals surface area contributed by atoms with Crippen molar-refractivity contribution in [2.45, 2.75) is 45.0 Å². The number of ether oxygens (including phenoxy) is 2. The Morgan fingerprint density at radius 2 is 2.39 bits per heavy atom. The summed E-state index contributed by atoms with van der Waals surface area (Å²) in [7, 11) is 1.71. The molecule has 1 aliphatic heterocycles. The topological polar surface area (TPSA) is 74.1 Å². The summed E-state index contributed by atoms with van der Waals surface area (Å²) in [6.45, 7) is 6.80. The molecule has 102 valence electrons. The lowest BCUT2D eigenvalue weighted by molar-refractivity contribution is -0.0327. The number of aromatic nitrogens is 4. The van der Waals surface area contributed by atoms with E-state index in [1.54, 1.807) is 11.8 Å². The van der Waals surface area contributed by atoms with Crippen molar-refractivity contribution in [1.82, 2.24) is 25.5 Å². The van der Waals surface area contributed by atoms with Crippen molar-refractivity contribution in [2.75, 3.05) is 20.3 Å². The standard InChI is InChI=1S/C11H21N5O2/c1-9(2)12-6-10-13-14-15-16(10)7-11(17-3)4-5-18-8-11/h9,12H,4-8H2,1-3H3. The lowest BCUT2D eigenvalue weighted by Crippen LogP contribution is -2.38. The molecule has 1 N–H and O–H groups in total. The molecule has 0 amide bonds. The summed E-state index contributed by atoms with van der Waals surface area (Å²) in [4.78, 5) is 0. The van der Waals surface area contributed by atoms with Crippen LogP contribution in [0.5, 0.6) is 0 Å². The van der Waals surface area contributed by atoms with Gasteiger partial charge < -0.3 is 14.8 Å². The van der Waals surface area contributed by atoms with Gasteiger partial charge in [0, 0.05) is 26.2 Å². The predicted octanol–water partition coefficient (Wildman–Crippen LogP) is -0.0234.